The molecule has 0 saturated carbocycles. The van der Waals surface area contributed by atoms with Crippen LogP contribution < -0.4 is 0 Å². The molecule has 2 N–H and O–H groups in total. The molecule has 2 saturated heterocycles. The van der Waals surface area contributed by atoms with Gasteiger partial charge in [-0.25, -0.2) is 0 Å². The van der Waals surface area contributed by atoms with E-state index in [1.165, 1.54) is 0 Å². The van der Waals surface area contributed by atoms with Crippen LogP contribution in [-0.4, -0.2) is 60.7 Å². The molecule has 0 bridgehead atoms. The topological polar surface area (TPSA) is 97.6 Å². The normalized spacial score (nSPS) is 41.6. The van der Waals surface area contributed by atoms with Crippen molar-refractivity contribution in [2.75, 3.05) is 19.8 Å². The number of aliphatic hydroxyl groups excluding tert-OH is 2. The van der Waals surface area contributed by atoms with Crippen molar-refractivity contribution in [3.63, 3.8) is 0 Å². The van der Waals surface area contributed by atoms with Gasteiger partial charge in [-0.05, 0) is 0 Å². The summed E-state index contributed by atoms with van der Waals surface area (Å²) in [4.78, 5) is 10.2. The van der Waals surface area contributed by atoms with Gasteiger partial charge in [-0.1, -0.05) is 5.18 Å². The first kappa shape index (κ1) is 13.8. The molecule has 0 aliphatic carbocycles. The number of nitrogens with zero attached hydrogens (tertiary/aromatic N) is 1. The first-order valence-corrected chi connectivity index (χ1v) is 6.21. The minimum absolute atomic E-state index is 0.0146. The summed E-state index contributed by atoms with van der Waals surface area (Å²) in [5, 5.41) is 21.9. The predicted octanol–water partition coefficient (Wildman–Crippen LogP) is -0.215. The maximum Gasteiger partial charge on any atom is 0.161 e. The minimum atomic E-state index is -0.570. The molecule has 0 spiro atoms. The number of aliphatic hydroxyl groups is 2. The maximum atomic E-state index is 10.2. The molecule has 2 rings (SSSR count). The lowest BCUT2D eigenvalue weighted by Crippen LogP contribution is -2.43. The van der Waals surface area contributed by atoms with Crippen molar-refractivity contribution >= 4 is 0 Å². The monoisotopic (exact) mass is 261 g/mol. The molecule has 0 unspecified atom stereocenters. The summed E-state index contributed by atoms with van der Waals surface area (Å²) in [6.45, 7) is 0.746. The van der Waals surface area contributed by atoms with Crippen molar-refractivity contribution in [2.45, 2.75) is 50.0 Å². The van der Waals surface area contributed by atoms with Gasteiger partial charge in [0, 0.05) is 19.3 Å². The van der Waals surface area contributed by atoms with Gasteiger partial charge < -0.3 is 24.4 Å². The molecule has 7 heteroatoms. The Balaban J connectivity index is 1.82. The zero-order chi connectivity index (χ0) is 13.0. The molecule has 2 aliphatic rings. The molecule has 7 nitrogen and oxygen atoms in total. The number of nitroso groups, excluding NO2 is 1. The van der Waals surface area contributed by atoms with Gasteiger partial charge in [-0.3, -0.25) is 0 Å². The average molecular weight is 261 g/mol. The maximum absolute atomic E-state index is 10.2. The van der Waals surface area contributed by atoms with E-state index in [-0.39, 0.29) is 12.6 Å². The smallest absolute Gasteiger partial charge is 0.161 e. The summed E-state index contributed by atoms with van der Waals surface area (Å²) in [5.41, 5.74) is 0. The quantitative estimate of drug-likeness (QED) is 0.679. The van der Waals surface area contributed by atoms with E-state index in [0.717, 1.165) is 0 Å². The van der Waals surface area contributed by atoms with Gasteiger partial charge in [-0.2, -0.15) is 4.91 Å². The van der Waals surface area contributed by atoms with E-state index >= 15 is 0 Å². The van der Waals surface area contributed by atoms with Crippen LogP contribution in [0.1, 0.15) is 19.3 Å². The van der Waals surface area contributed by atoms with Crippen molar-refractivity contribution in [1.29, 1.82) is 0 Å². The molecule has 104 valence electrons. The zero-order valence-electron chi connectivity index (χ0n) is 10.1. The first-order valence-electron chi connectivity index (χ1n) is 6.21. The molecular weight excluding hydrogens is 242 g/mol. The van der Waals surface area contributed by atoms with Crippen LogP contribution in [0.25, 0.3) is 0 Å². The van der Waals surface area contributed by atoms with Crippen molar-refractivity contribution in [2.24, 2.45) is 5.18 Å². The molecule has 2 aliphatic heterocycles. The standard InChI is InChI=1S/C11H19NO6/c13-7-1-9(4-12-15)17-11(3-7)18-10-2-8(14)5-16-6-10/h7-11,13-14H,1-6H2/t7-,8-,9-,10+,11-/m1/s1. The summed E-state index contributed by atoms with van der Waals surface area (Å²) in [7, 11) is 0. The molecule has 0 aromatic carbocycles. The second kappa shape index (κ2) is 6.53. The molecule has 0 amide bonds. The summed E-state index contributed by atoms with van der Waals surface area (Å²) in [5.74, 6) is 0. The summed E-state index contributed by atoms with van der Waals surface area (Å²) < 4.78 is 16.3. The van der Waals surface area contributed by atoms with Crippen molar-refractivity contribution in [3.05, 3.63) is 4.91 Å². The fourth-order valence-electron chi connectivity index (χ4n) is 2.32. The van der Waals surface area contributed by atoms with E-state index in [9.17, 15) is 15.1 Å². The highest BCUT2D eigenvalue weighted by molar-refractivity contribution is 4.77. The highest BCUT2D eigenvalue weighted by Gasteiger charge is 2.32. The molecule has 0 aromatic heterocycles. The highest BCUT2D eigenvalue weighted by Crippen LogP contribution is 2.23. The van der Waals surface area contributed by atoms with Gasteiger partial charge in [0.25, 0.3) is 0 Å². The Morgan fingerprint density at radius 3 is 2.72 bits per heavy atom. The number of ether oxygens (including phenoxy) is 3. The Labute approximate surface area is 105 Å². The van der Waals surface area contributed by atoms with E-state index in [1.807, 2.05) is 0 Å². The molecular formula is C11H19NO6. The minimum Gasteiger partial charge on any atom is -0.393 e. The van der Waals surface area contributed by atoms with Crippen molar-refractivity contribution < 1.29 is 24.4 Å². The molecule has 2 heterocycles. The number of hydrogen-bond acceptors (Lipinski definition) is 7. The van der Waals surface area contributed by atoms with E-state index in [0.29, 0.717) is 32.5 Å². The second-order valence-corrected chi connectivity index (χ2v) is 4.81. The third kappa shape index (κ3) is 3.96. The van der Waals surface area contributed by atoms with Gasteiger partial charge in [0.1, 0.15) is 6.54 Å². The number of hydrogen-bond donors (Lipinski definition) is 2. The van der Waals surface area contributed by atoms with Gasteiger partial charge in [0.15, 0.2) is 6.29 Å². The van der Waals surface area contributed by atoms with E-state index < -0.39 is 24.6 Å². The third-order valence-corrected chi connectivity index (χ3v) is 3.12. The lowest BCUT2D eigenvalue weighted by molar-refractivity contribution is -0.248. The summed E-state index contributed by atoms with van der Waals surface area (Å²) in [6, 6.07) is 0. The van der Waals surface area contributed by atoms with E-state index in [1.54, 1.807) is 0 Å². The van der Waals surface area contributed by atoms with E-state index in [4.69, 9.17) is 14.2 Å². The largest absolute Gasteiger partial charge is 0.393 e. The van der Waals surface area contributed by atoms with Gasteiger partial charge in [-0.15, -0.1) is 0 Å². The van der Waals surface area contributed by atoms with Gasteiger partial charge >= 0.3 is 0 Å². The number of rotatable bonds is 4. The van der Waals surface area contributed by atoms with Gasteiger partial charge in [0.2, 0.25) is 0 Å². The Kier molecular flexibility index (Phi) is 5.02. The van der Waals surface area contributed by atoms with Crippen LogP contribution in [0.5, 0.6) is 0 Å². The SMILES string of the molecule is O=NC[C@H]1C[C@@H](O)C[C@@H](O[C@@H]2COC[C@H](O)C2)O1. The van der Waals surface area contributed by atoms with E-state index in [2.05, 4.69) is 5.18 Å². The lowest BCUT2D eigenvalue weighted by Gasteiger charge is -2.35. The Morgan fingerprint density at radius 1 is 1.17 bits per heavy atom. The van der Waals surface area contributed by atoms with Crippen molar-refractivity contribution in [3.8, 4) is 0 Å². The fourth-order valence-corrected chi connectivity index (χ4v) is 2.32. The predicted molar refractivity (Wildman–Crippen MR) is 60.9 cm³/mol. The lowest BCUT2D eigenvalue weighted by atomic mass is 10.0. The summed E-state index contributed by atoms with van der Waals surface area (Å²) in [6.07, 6.45) is -1.03. The van der Waals surface area contributed by atoms with Crippen LogP contribution in [0.2, 0.25) is 0 Å². The Morgan fingerprint density at radius 2 is 2.00 bits per heavy atom. The van der Waals surface area contributed by atoms with Crippen LogP contribution in [0.3, 0.4) is 0 Å². The fraction of sp³-hybridized carbons (Fsp3) is 1.00. The van der Waals surface area contributed by atoms with Crippen LogP contribution in [-0.2, 0) is 14.2 Å². The highest BCUT2D eigenvalue weighted by atomic mass is 16.7. The molecule has 0 aromatic rings. The third-order valence-electron chi connectivity index (χ3n) is 3.12. The zero-order valence-corrected chi connectivity index (χ0v) is 10.1. The molecule has 2 fully saturated rings. The van der Waals surface area contributed by atoms with Crippen molar-refractivity contribution in [1.82, 2.24) is 0 Å². The first-order chi connectivity index (χ1) is 8.67. The van der Waals surface area contributed by atoms with Crippen LogP contribution >= 0.6 is 0 Å². The summed E-state index contributed by atoms with van der Waals surface area (Å²) >= 11 is 0. The molecule has 5 atom stereocenters. The second-order valence-electron chi connectivity index (χ2n) is 4.81. The Hall–Kier alpha value is -0.600. The van der Waals surface area contributed by atoms with Crippen LogP contribution in [0.4, 0.5) is 0 Å². The van der Waals surface area contributed by atoms with Crippen LogP contribution in [0.15, 0.2) is 5.18 Å². The molecule has 0 radical (unpaired) electrons. The average Bonchev–Trinajstić information content (AvgIpc) is 2.28. The Bertz CT molecular complexity index is 276. The van der Waals surface area contributed by atoms with Gasteiger partial charge in [0.05, 0.1) is 37.6 Å². The molecule has 18 heavy (non-hydrogen) atoms. The van der Waals surface area contributed by atoms with Crippen LogP contribution in [0, 0.1) is 4.91 Å².